The van der Waals surface area contributed by atoms with Gasteiger partial charge in [0.25, 0.3) is 0 Å². The van der Waals surface area contributed by atoms with Crippen LogP contribution in [0.2, 0.25) is 0 Å². The van der Waals surface area contributed by atoms with Gasteiger partial charge in [-0.1, -0.05) is 31.4 Å². The van der Waals surface area contributed by atoms with Crippen molar-refractivity contribution in [2.45, 2.75) is 128 Å². The van der Waals surface area contributed by atoms with E-state index in [0.717, 1.165) is 63.0 Å². The summed E-state index contributed by atoms with van der Waals surface area (Å²) in [6.45, 7) is 2.84. The smallest absolute Gasteiger partial charge is 0.346 e. The molecule has 2 aromatic heterocycles. The highest BCUT2D eigenvalue weighted by atomic mass is 16.5. The number of ketones is 1. The average molecular weight is 572 g/mol. The molecule has 11 nitrogen and oxygen atoms in total. The van der Waals surface area contributed by atoms with Crippen LogP contribution in [0.1, 0.15) is 108 Å². The second-order valence-electron chi connectivity index (χ2n) is 12.7. The van der Waals surface area contributed by atoms with E-state index >= 15 is 0 Å². The van der Waals surface area contributed by atoms with Crippen LogP contribution >= 0.6 is 0 Å². The lowest BCUT2D eigenvalue weighted by Gasteiger charge is -2.39. The monoisotopic (exact) mass is 571 g/mol. The lowest BCUT2D eigenvalue weighted by Crippen LogP contribution is -2.41. The second-order valence-corrected chi connectivity index (χ2v) is 12.7. The van der Waals surface area contributed by atoms with E-state index in [1.165, 1.54) is 36.8 Å². The SMILES string of the molecule is CCCCc1nn(CC(=O)C2CC(OC)CCC2OC)c(=O)n1CC1CCC(C2CCCCC2c2nn[nH]n2)CC1. The standard InChI is InChI=1S/C30H49N7O4/c1-4-5-10-28-33-37(19-26(38)25-17-22(40-2)15-16-27(25)41-3)30(39)36(28)18-20-11-13-21(14-12-20)23-8-6-7-9-24(23)29-31-34-35-32-29/h20-25,27H,4-19H2,1-3H3,(H,31,32,34,35). The number of hydrogen-bond donors (Lipinski definition) is 1. The van der Waals surface area contributed by atoms with Crippen molar-refractivity contribution in [2.24, 2.45) is 23.7 Å². The lowest BCUT2D eigenvalue weighted by molar-refractivity contribution is -0.133. The van der Waals surface area contributed by atoms with Crippen LogP contribution < -0.4 is 5.69 Å². The number of carbonyl (C=O) groups is 1. The number of aromatic amines is 1. The molecule has 0 amide bonds. The van der Waals surface area contributed by atoms with Crippen LogP contribution in [0, 0.1) is 23.7 Å². The topological polar surface area (TPSA) is 130 Å². The maximum Gasteiger partial charge on any atom is 0.346 e. The molecule has 5 atom stereocenters. The Bertz CT molecular complexity index is 1150. The Morgan fingerprint density at radius 2 is 1.83 bits per heavy atom. The number of rotatable bonds is 12. The molecule has 5 rings (SSSR count). The zero-order valence-corrected chi connectivity index (χ0v) is 25.2. The summed E-state index contributed by atoms with van der Waals surface area (Å²) in [5.41, 5.74) is -0.149. The fourth-order valence-electron chi connectivity index (χ4n) is 7.92. The normalized spacial score (nSPS) is 30.9. The summed E-state index contributed by atoms with van der Waals surface area (Å²) in [6, 6.07) is 0. The number of aryl methyl sites for hydroxylation is 1. The van der Waals surface area contributed by atoms with Crippen molar-refractivity contribution >= 4 is 5.78 Å². The minimum Gasteiger partial charge on any atom is -0.381 e. The predicted octanol–water partition coefficient (Wildman–Crippen LogP) is 4.08. The molecule has 0 bridgehead atoms. The molecule has 2 heterocycles. The van der Waals surface area contributed by atoms with Crippen molar-refractivity contribution in [3.8, 4) is 0 Å². The van der Waals surface area contributed by atoms with Gasteiger partial charge >= 0.3 is 5.69 Å². The first-order valence-corrected chi connectivity index (χ1v) is 16.0. The Morgan fingerprint density at radius 1 is 1.02 bits per heavy atom. The fraction of sp³-hybridized carbons (Fsp3) is 0.867. The minimum absolute atomic E-state index is 0.00217. The number of H-pyrrole nitrogens is 1. The maximum atomic E-state index is 13.6. The van der Waals surface area contributed by atoms with Crippen LogP contribution in [0.3, 0.4) is 0 Å². The third kappa shape index (κ3) is 6.98. The van der Waals surface area contributed by atoms with E-state index in [1.54, 1.807) is 14.2 Å². The van der Waals surface area contributed by atoms with E-state index in [2.05, 4.69) is 27.5 Å². The highest BCUT2D eigenvalue weighted by Gasteiger charge is 2.38. The number of nitrogens with one attached hydrogen (secondary N) is 1. The number of carbonyl (C=O) groups excluding carboxylic acids is 1. The van der Waals surface area contributed by atoms with E-state index < -0.39 is 0 Å². The first-order chi connectivity index (χ1) is 20.0. The molecule has 0 saturated heterocycles. The zero-order chi connectivity index (χ0) is 28.8. The van der Waals surface area contributed by atoms with Crippen molar-refractivity contribution < 1.29 is 14.3 Å². The summed E-state index contributed by atoms with van der Waals surface area (Å²) in [7, 11) is 3.36. The van der Waals surface area contributed by atoms with Crippen molar-refractivity contribution in [2.75, 3.05) is 14.2 Å². The van der Waals surface area contributed by atoms with Gasteiger partial charge in [-0.05, 0) is 82.0 Å². The molecule has 228 valence electrons. The van der Waals surface area contributed by atoms with E-state index in [4.69, 9.17) is 14.6 Å². The Hall–Kier alpha value is -2.40. The number of methoxy groups -OCH3 is 2. The first kappa shape index (κ1) is 30.1. The molecule has 0 spiro atoms. The van der Waals surface area contributed by atoms with Gasteiger partial charge in [0.2, 0.25) is 0 Å². The summed E-state index contributed by atoms with van der Waals surface area (Å²) in [6.07, 6.45) is 14.5. The van der Waals surface area contributed by atoms with Gasteiger partial charge in [-0.3, -0.25) is 9.36 Å². The Kier molecular flexibility index (Phi) is 10.4. The highest BCUT2D eigenvalue weighted by Crippen LogP contribution is 2.46. The van der Waals surface area contributed by atoms with Crippen LogP contribution in [-0.4, -0.2) is 67.2 Å². The molecule has 2 aromatic rings. The number of aromatic nitrogens is 7. The molecular formula is C30H49N7O4. The van der Waals surface area contributed by atoms with Gasteiger partial charge < -0.3 is 9.47 Å². The molecule has 5 unspecified atom stereocenters. The van der Waals surface area contributed by atoms with Crippen molar-refractivity contribution in [1.29, 1.82) is 0 Å². The molecular weight excluding hydrogens is 522 g/mol. The maximum absolute atomic E-state index is 13.6. The average Bonchev–Trinajstić information content (AvgIpc) is 3.65. The van der Waals surface area contributed by atoms with Crippen molar-refractivity contribution in [1.82, 2.24) is 35.0 Å². The summed E-state index contributed by atoms with van der Waals surface area (Å²) < 4.78 is 14.5. The van der Waals surface area contributed by atoms with Gasteiger partial charge in [-0.2, -0.15) is 10.3 Å². The first-order valence-electron chi connectivity index (χ1n) is 16.0. The van der Waals surface area contributed by atoms with E-state index in [1.807, 2.05) is 4.57 Å². The number of hydrogen-bond acceptors (Lipinski definition) is 8. The van der Waals surface area contributed by atoms with Crippen LogP contribution in [0.4, 0.5) is 0 Å². The molecule has 11 heteroatoms. The molecule has 3 fully saturated rings. The third-order valence-electron chi connectivity index (χ3n) is 10.3. The summed E-state index contributed by atoms with van der Waals surface area (Å²) in [5, 5.41) is 19.9. The van der Waals surface area contributed by atoms with Crippen LogP contribution in [0.5, 0.6) is 0 Å². The zero-order valence-electron chi connectivity index (χ0n) is 25.2. The van der Waals surface area contributed by atoms with Crippen LogP contribution in [0.25, 0.3) is 0 Å². The van der Waals surface area contributed by atoms with Crippen molar-refractivity contribution in [3.63, 3.8) is 0 Å². The molecule has 1 N–H and O–H groups in total. The molecule has 0 aliphatic heterocycles. The van der Waals surface area contributed by atoms with E-state index in [-0.39, 0.29) is 36.1 Å². The molecule has 3 saturated carbocycles. The number of unbranched alkanes of at least 4 members (excludes halogenated alkanes) is 1. The Labute approximate surface area is 243 Å². The number of tetrazole rings is 1. The second kappa shape index (κ2) is 14.2. The molecule has 3 aliphatic rings. The van der Waals surface area contributed by atoms with Crippen LogP contribution in [-0.2, 0) is 33.8 Å². The number of ether oxygens (including phenoxy) is 2. The van der Waals surface area contributed by atoms with Gasteiger partial charge in [0.1, 0.15) is 12.4 Å². The van der Waals surface area contributed by atoms with E-state index in [0.29, 0.717) is 36.6 Å². The van der Waals surface area contributed by atoms with Gasteiger partial charge in [-0.15, -0.1) is 10.2 Å². The Morgan fingerprint density at radius 3 is 2.54 bits per heavy atom. The molecule has 0 aromatic carbocycles. The summed E-state index contributed by atoms with van der Waals surface area (Å²) in [4.78, 5) is 27.0. The molecule has 0 radical (unpaired) electrons. The minimum atomic E-state index is -0.277. The molecule has 3 aliphatic carbocycles. The van der Waals surface area contributed by atoms with Gasteiger partial charge in [0, 0.05) is 39.0 Å². The van der Waals surface area contributed by atoms with Crippen molar-refractivity contribution in [3.05, 3.63) is 22.1 Å². The van der Waals surface area contributed by atoms with E-state index in [9.17, 15) is 9.59 Å². The molecule has 41 heavy (non-hydrogen) atoms. The largest absolute Gasteiger partial charge is 0.381 e. The summed E-state index contributed by atoms with van der Waals surface area (Å²) >= 11 is 0. The number of nitrogens with zero attached hydrogens (tertiary/aromatic N) is 6. The quantitative estimate of drug-likeness (QED) is 0.403. The lowest BCUT2D eigenvalue weighted by atomic mass is 9.66. The van der Waals surface area contributed by atoms with Gasteiger partial charge in [-0.25, -0.2) is 9.48 Å². The predicted molar refractivity (Wildman–Crippen MR) is 153 cm³/mol. The van der Waals surface area contributed by atoms with Gasteiger partial charge in [0.15, 0.2) is 11.6 Å². The fourth-order valence-corrected chi connectivity index (χ4v) is 7.92. The number of Topliss-reactive ketones (excluding diaryl/α,β-unsaturated/α-hetero) is 1. The summed E-state index contributed by atoms with van der Waals surface area (Å²) in [5.74, 6) is 3.58. The Balaban J connectivity index is 1.24. The van der Waals surface area contributed by atoms with Crippen LogP contribution in [0.15, 0.2) is 4.79 Å². The van der Waals surface area contributed by atoms with Gasteiger partial charge in [0.05, 0.1) is 12.2 Å². The highest BCUT2D eigenvalue weighted by molar-refractivity contribution is 5.81. The third-order valence-corrected chi connectivity index (χ3v) is 10.3.